The standard InChI is InChI=1S/C19H13N3S/c1-4-8-15(9-5-1)18-13-23-19(20-18)22-21-17-12-11-14-7-3-2-6-10-16(14)17/h1-13H. The van der Waals surface area contributed by atoms with Gasteiger partial charge in [0.2, 0.25) is 5.13 Å². The molecule has 0 N–H and O–H groups in total. The Balaban J connectivity index is 1.61. The molecular formula is C19H13N3S. The summed E-state index contributed by atoms with van der Waals surface area (Å²) in [7, 11) is 0. The molecule has 0 saturated heterocycles. The highest BCUT2D eigenvalue weighted by Gasteiger charge is 2.07. The number of thiazole rings is 1. The molecule has 1 aromatic carbocycles. The van der Waals surface area contributed by atoms with Crippen LogP contribution in [0.4, 0.5) is 10.8 Å². The first-order valence-corrected chi connectivity index (χ1v) is 8.18. The normalized spacial score (nSPS) is 11.3. The van der Waals surface area contributed by atoms with Gasteiger partial charge >= 0.3 is 0 Å². The van der Waals surface area contributed by atoms with Crippen molar-refractivity contribution in [2.24, 2.45) is 10.2 Å². The second kappa shape index (κ2) is 6.10. The van der Waals surface area contributed by atoms with Gasteiger partial charge in [0.1, 0.15) is 0 Å². The monoisotopic (exact) mass is 315 g/mol. The molecule has 0 radical (unpaired) electrons. The van der Waals surface area contributed by atoms with Gasteiger partial charge in [-0.25, -0.2) is 4.98 Å². The zero-order valence-electron chi connectivity index (χ0n) is 12.3. The van der Waals surface area contributed by atoms with Crippen LogP contribution in [0.2, 0.25) is 0 Å². The lowest BCUT2D eigenvalue weighted by Gasteiger charge is -1.94. The molecular weight excluding hydrogens is 302 g/mol. The van der Waals surface area contributed by atoms with Gasteiger partial charge < -0.3 is 0 Å². The average Bonchev–Trinajstić information content (AvgIpc) is 3.15. The molecule has 0 spiro atoms. The van der Waals surface area contributed by atoms with E-state index < -0.39 is 0 Å². The number of fused-ring (bicyclic) bond motifs is 1. The quantitative estimate of drug-likeness (QED) is 0.407. The summed E-state index contributed by atoms with van der Waals surface area (Å²) >= 11 is 1.50. The number of azo groups is 1. The van der Waals surface area contributed by atoms with Crippen LogP contribution in [0.25, 0.3) is 22.4 Å². The van der Waals surface area contributed by atoms with Crippen molar-refractivity contribution in [1.29, 1.82) is 0 Å². The Labute approximate surface area is 138 Å². The van der Waals surface area contributed by atoms with Crippen LogP contribution in [0.3, 0.4) is 0 Å². The molecule has 4 rings (SSSR count). The molecule has 4 heteroatoms. The highest BCUT2D eigenvalue weighted by atomic mass is 32.1. The second-order valence-electron chi connectivity index (χ2n) is 5.08. The number of nitrogens with zero attached hydrogens (tertiary/aromatic N) is 3. The molecule has 0 aliphatic heterocycles. The third-order valence-corrected chi connectivity index (χ3v) is 4.30. The van der Waals surface area contributed by atoms with E-state index in [0.29, 0.717) is 5.13 Å². The van der Waals surface area contributed by atoms with Gasteiger partial charge in [0.25, 0.3) is 0 Å². The van der Waals surface area contributed by atoms with E-state index >= 15 is 0 Å². The molecule has 2 aliphatic carbocycles. The van der Waals surface area contributed by atoms with E-state index in [1.807, 2.05) is 60.0 Å². The first-order chi connectivity index (χ1) is 11.4. The predicted molar refractivity (Wildman–Crippen MR) is 94.8 cm³/mol. The van der Waals surface area contributed by atoms with Crippen molar-refractivity contribution in [3.05, 3.63) is 78.2 Å². The van der Waals surface area contributed by atoms with Crippen molar-refractivity contribution in [1.82, 2.24) is 4.98 Å². The minimum absolute atomic E-state index is 0.665. The average molecular weight is 315 g/mol. The number of hydrogen-bond acceptors (Lipinski definition) is 4. The van der Waals surface area contributed by atoms with E-state index in [1.165, 1.54) is 11.3 Å². The van der Waals surface area contributed by atoms with Gasteiger partial charge in [-0.2, -0.15) is 0 Å². The summed E-state index contributed by atoms with van der Waals surface area (Å²) in [5, 5.41) is 11.3. The van der Waals surface area contributed by atoms with Crippen LogP contribution in [-0.2, 0) is 0 Å². The van der Waals surface area contributed by atoms with Crippen LogP contribution >= 0.6 is 11.3 Å². The largest absolute Gasteiger partial charge is 0.230 e. The summed E-state index contributed by atoms with van der Waals surface area (Å²) in [5.74, 6) is 0. The Hall–Kier alpha value is -2.85. The van der Waals surface area contributed by atoms with E-state index in [0.717, 1.165) is 28.1 Å². The van der Waals surface area contributed by atoms with Crippen molar-refractivity contribution in [3.8, 4) is 22.4 Å². The minimum atomic E-state index is 0.665. The molecule has 0 bridgehead atoms. The van der Waals surface area contributed by atoms with Crippen LogP contribution in [0.1, 0.15) is 0 Å². The summed E-state index contributed by atoms with van der Waals surface area (Å²) in [6.07, 6.45) is 0. The summed E-state index contributed by atoms with van der Waals surface area (Å²) in [6.45, 7) is 0. The summed E-state index contributed by atoms with van der Waals surface area (Å²) in [6, 6.07) is 24.3. The van der Waals surface area contributed by atoms with Crippen LogP contribution in [-0.4, -0.2) is 4.98 Å². The van der Waals surface area contributed by atoms with Gasteiger partial charge in [-0.05, 0) is 11.6 Å². The lowest BCUT2D eigenvalue weighted by Crippen LogP contribution is -1.74. The zero-order chi connectivity index (χ0) is 15.5. The van der Waals surface area contributed by atoms with Gasteiger partial charge in [-0.15, -0.1) is 21.6 Å². The van der Waals surface area contributed by atoms with Crippen LogP contribution in [0, 0.1) is 0 Å². The molecule has 0 unspecified atom stereocenters. The van der Waals surface area contributed by atoms with E-state index in [1.54, 1.807) is 0 Å². The summed E-state index contributed by atoms with van der Waals surface area (Å²) in [4.78, 5) is 4.53. The molecule has 110 valence electrons. The van der Waals surface area contributed by atoms with Crippen molar-refractivity contribution in [2.75, 3.05) is 0 Å². The van der Waals surface area contributed by atoms with Crippen molar-refractivity contribution >= 4 is 22.2 Å². The van der Waals surface area contributed by atoms with E-state index in [2.05, 4.69) is 33.4 Å². The molecule has 23 heavy (non-hydrogen) atoms. The molecule has 0 fully saturated rings. The Bertz CT molecular complexity index is 928. The highest BCUT2D eigenvalue weighted by molar-refractivity contribution is 7.13. The second-order valence-corrected chi connectivity index (χ2v) is 5.92. The maximum Gasteiger partial charge on any atom is 0.230 e. The van der Waals surface area contributed by atoms with Gasteiger partial charge in [-0.3, -0.25) is 0 Å². The molecule has 1 heterocycles. The molecule has 0 atom stereocenters. The summed E-state index contributed by atoms with van der Waals surface area (Å²) in [5.41, 5.74) is 5.15. The maximum atomic E-state index is 4.53. The predicted octanol–water partition coefficient (Wildman–Crippen LogP) is 6.33. The summed E-state index contributed by atoms with van der Waals surface area (Å²) < 4.78 is 0. The molecule has 3 nitrogen and oxygen atoms in total. The Kier molecular flexibility index (Phi) is 3.66. The number of hydrogen-bond donors (Lipinski definition) is 0. The fraction of sp³-hybridized carbons (Fsp3) is 0. The van der Waals surface area contributed by atoms with Gasteiger partial charge in [0, 0.05) is 16.5 Å². The maximum absolute atomic E-state index is 4.53. The first-order valence-electron chi connectivity index (χ1n) is 7.30. The molecule has 2 aromatic rings. The van der Waals surface area contributed by atoms with Crippen molar-refractivity contribution in [3.63, 3.8) is 0 Å². The molecule has 0 amide bonds. The van der Waals surface area contributed by atoms with Gasteiger partial charge in [-0.1, -0.05) is 66.7 Å². The van der Waals surface area contributed by atoms with E-state index in [4.69, 9.17) is 0 Å². The number of rotatable bonds is 3. The number of aromatic nitrogens is 1. The molecule has 2 aliphatic rings. The van der Waals surface area contributed by atoms with E-state index in [-0.39, 0.29) is 0 Å². The first kappa shape index (κ1) is 13.8. The highest BCUT2D eigenvalue weighted by Crippen LogP contribution is 2.35. The van der Waals surface area contributed by atoms with E-state index in [9.17, 15) is 0 Å². The lowest BCUT2D eigenvalue weighted by molar-refractivity contribution is 1.20. The van der Waals surface area contributed by atoms with Gasteiger partial charge in [0.05, 0.1) is 11.4 Å². The Morgan fingerprint density at radius 2 is 1.43 bits per heavy atom. The smallest absolute Gasteiger partial charge is 0.217 e. The topological polar surface area (TPSA) is 37.6 Å². The van der Waals surface area contributed by atoms with Crippen LogP contribution < -0.4 is 0 Å². The fourth-order valence-corrected chi connectivity index (χ4v) is 3.08. The third-order valence-electron chi connectivity index (χ3n) is 3.57. The van der Waals surface area contributed by atoms with Gasteiger partial charge in [0.15, 0.2) is 0 Å². The van der Waals surface area contributed by atoms with Crippen molar-refractivity contribution in [2.45, 2.75) is 0 Å². The molecule has 0 saturated carbocycles. The van der Waals surface area contributed by atoms with Crippen LogP contribution in [0.5, 0.6) is 0 Å². The minimum Gasteiger partial charge on any atom is -0.217 e. The van der Waals surface area contributed by atoms with Crippen LogP contribution in [0.15, 0.2) is 88.4 Å². The third kappa shape index (κ3) is 2.89. The van der Waals surface area contributed by atoms with Crippen molar-refractivity contribution < 1.29 is 0 Å². The fourth-order valence-electron chi connectivity index (χ4n) is 2.43. The SMILES string of the molecule is c1ccc(-c2csc(N=Nc3ccc4cccccc3-4)n2)cc1. The zero-order valence-corrected chi connectivity index (χ0v) is 13.1. The Morgan fingerprint density at radius 3 is 2.26 bits per heavy atom. The Morgan fingerprint density at radius 1 is 0.696 bits per heavy atom. The number of benzene rings is 1. The lowest BCUT2D eigenvalue weighted by atomic mass is 10.2. The molecule has 1 aromatic heterocycles.